The number of halogens is 5. The Morgan fingerprint density at radius 3 is 2.25 bits per heavy atom. The van der Waals surface area contributed by atoms with Crippen LogP contribution >= 0.6 is 11.8 Å². The van der Waals surface area contributed by atoms with E-state index in [1.54, 1.807) is 0 Å². The van der Waals surface area contributed by atoms with Crippen molar-refractivity contribution in [3.8, 4) is 5.75 Å². The van der Waals surface area contributed by atoms with Crippen molar-refractivity contribution in [3.63, 3.8) is 0 Å². The molecule has 10 heteroatoms. The highest BCUT2D eigenvalue weighted by atomic mass is 32.2. The van der Waals surface area contributed by atoms with Gasteiger partial charge in [0, 0.05) is 32.6 Å². The summed E-state index contributed by atoms with van der Waals surface area (Å²) in [5.41, 5.74) is 3.12. The summed E-state index contributed by atoms with van der Waals surface area (Å²) in [5.74, 6) is -0.515. The second-order valence-corrected chi connectivity index (χ2v) is 17.5. The third kappa shape index (κ3) is 14.1. The molecular formula is C43H69F5N2O2S. The molecule has 304 valence electrons. The van der Waals surface area contributed by atoms with Gasteiger partial charge in [-0.2, -0.15) is 33.7 Å². The lowest BCUT2D eigenvalue weighted by atomic mass is 9.51. The van der Waals surface area contributed by atoms with Crippen LogP contribution in [0.15, 0.2) is 30.9 Å². The Kier molecular flexibility index (Phi) is 19.1. The Morgan fingerprint density at radius 1 is 0.943 bits per heavy atom. The molecule has 3 aliphatic rings. The Morgan fingerprint density at radius 2 is 1.58 bits per heavy atom. The van der Waals surface area contributed by atoms with Crippen molar-refractivity contribution >= 4 is 17.7 Å². The number of rotatable bonds is 20. The van der Waals surface area contributed by atoms with Crippen LogP contribution in [0.2, 0.25) is 0 Å². The zero-order chi connectivity index (χ0) is 39.1. The topological polar surface area (TPSA) is 32.8 Å². The number of esters is 1. The maximum absolute atomic E-state index is 13.0. The van der Waals surface area contributed by atoms with Crippen LogP contribution in [0.25, 0.3) is 0 Å². The minimum atomic E-state index is -5.45. The largest absolute Gasteiger partial charge is 0.453 e. The molecular weight excluding hydrogens is 704 g/mol. The highest BCUT2D eigenvalue weighted by molar-refractivity contribution is 7.99. The fraction of sp³-hybridized carbons (Fsp3) is 0.791. The van der Waals surface area contributed by atoms with Crippen LogP contribution in [-0.4, -0.2) is 79.1 Å². The highest BCUT2D eigenvalue weighted by Gasteiger charge is 2.56. The Hall–Kier alpha value is -1.65. The SMILES string of the molecule is C=CCCC1C2C(CCC1(C)C)c1ccc(OC(=O)CN3CCN(C)CC3)cc1C[C@H]2CCCCCCCCCSCCCC(F)(F)C(F)(F)F.CC. The summed E-state index contributed by atoms with van der Waals surface area (Å²) in [4.78, 5) is 17.4. The number of hydrogen-bond acceptors (Lipinski definition) is 5. The molecule has 1 aromatic carbocycles. The van der Waals surface area contributed by atoms with Crippen LogP contribution in [0, 0.1) is 23.2 Å². The third-order valence-electron chi connectivity index (χ3n) is 12.0. The van der Waals surface area contributed by atoms with Crippen molar-refractivity contribution in [3.05, 3.63) is 42.0 Å². The zero-order valence-electron chi connectivity index (χ0n) is 33.4. The zero-order valence-corrected chi connectivity index (χ0v) is 34.2. The first kappa shape index (κ1) is 45.7. The minimum absolute atomic E-state index is 0.121. The van der Waals surface area contributed by atoms with Crippen LogP contribution in [0.4, 0.5) is 22.0 Å². The number of carbonyl (C=O) groups excluding carboxylic acids is 1. The van der Waals surface area contributed by atoms with Gasteiger partial charge in [-0.25, -0.2) is 0 Å². The normalized spacial score (nSPS) is 23.4. The number of likely N-dealkylation sites (N-methyl/N-ethyl adjacent to an activating group) is 1. The number of nitrogens with zero attached hydrogens (tertiary/aromatic N) is 2. The molecule has 1 aromatic rings. The fourth-order valence-corrected chi connectivity index (χ4v) is 9.95. The van der Waals surface area contributed by atoms with Crippen molar-refractivity contribution < 1.29 is 31.5 Å². The van der Waals surface area contributed by atoms with Gasteiger partial charge >= 0.3 is 18.1 Å². The van der Waals surface area contributed by atoms with Crippen LogP contribution in [-0.2, 0) is 11.2 Å². The number of allylic oxidation sites excluding steroid dienone is 1. The number of benzene rings is 1. The summed E-state index contributed by atoms with van der Waals surface area (Å²) in [5, 5.41) is 0. The molecule has 53 heavy (non-hydrogen) atoms. The van der Waals surface area contributed by atoms with Crippen molar-refractivity contribution in [2.24, 2.45) is 23.2 Å². The van der Waals surface area contributed by atoms with E-state index >= 15 is 0 Å². The van der Waals surface area contributed by atoms with E-state index in [0.29, 0.717) is 47.1 Å². The number of carbonyl (C=O) groups is 1. The minimum Gasteiger partial charge on any atom is -0.426 e. The van der Waals surface area contributed by atoms with Gasteiger partial charge in [0.05, 0.1) is 6.54 Å². The number of piperazine rings is 1. The average molecular weight is 773 g/mol. The molecule has 4 rings (SSSR count). The van der Waals surface area contributed by atoms with E-state index in [1.807, 2.05) is 19.9 Å². The summed E-state index contributed by atoms with van der Waals surface area (Å²) < 4.78 is 68.9. The molecule has 4 nitrogen and oxygen atoms in total. The molecule has 0 amide bonds. The first-order valence-electron chi connectivity index (χ1n) is 20.6. The van der Waals surface area contributed by atoms with Gasteiger partial charge in [-0.05, 0) is 122 Å². The van der Waals surface area contributed by atoms with Crippen LogP contribution in [0.1, 0.15) is 135 Å². The van der Waals surface area contributed by atoms with E-state index in [-0.39, 0.29) is 12.4 Å². The molecule has 0 radical (unpaired) electrons. The van der Waals surface area contributed by atoms with Crippen molar-refractivity contribution in [1.29, 1.82) is 0 Å². The molecule has 0 bridgehead atoms. The summed E-state index contributed by atoms with van der Waals surface area (Å²) in [6.45, 7) is 17.0. The molecule has 1 saturated heterocycles. The van der Waals surface area contributed by atoms with Gasteiger partial charge in [0.25, 0.3) is 0 Å². The third-order valence-corrected chi connectivity index (χ3v) is 13.1. The lowest BCUT2D eigenvalue weighted by Crippen LogP contribution is -2.46. The molecule has 4 atom stereocenters. The summed E-state index contributed by atoms with van der Waals surface area (Å²) >= 11 is 1.48. The quantitative estimate of drug-likeness (QED) is 0.0433. The first-order valence-corrected chi connectivity index (χ1v) is 21.7. The van der Waals surface area contributed by atoms with Crippen LogP contribution in [0.3, 0.4) is 0 Å². The van der Waals surface area contributed by atoms with Crippen LogP contribution < -0.4 is 4.74 Å². The lowest BCUT2D eigenvalue weighted by Gasteiger charge is -2.54. The van der Waals surface area contributed by atoms with E-state index in [1.165, 1.54) is 74.3 Å². The molecule has 1 saturated carbocycles. The Bertz CT molecular complexity index is 1230. The molecule has 1 heterocycles. The van der Waals surface area contributed by atoms with Gasteiger partial charge in [-0.15, -0.1) is 6.58 Å². The maximum Gasteiger partial charge on any atom is 0.453 e. The summed E-state index contributed by atoms with van der Waals surface area (Å²) in [6.07, 6.45) is 10.2. The van der Waals surface area contributed by atoms with Gasteiger partial charge in [0.2, 0.25) is 0 Å². The predicted octanol–water partition coefficient (Wildman–Crippen LogP) is 12.0. The molecule has 0 aromatic heterocycles. The van der Waals surface area contributed by atoms with Crippen molar-refractivity contribution in [2.75, 3.05) is 51.3 Å². The molecule has 0 spiro atoms. The second-order valence-electron chi connectivity index (χ2n) is 16.2. The number of thioether (sulfide) groups is 1. The highest BCUT2D eigenvalue weighted by Crippen LogP contribution is 2.58. The van der Waals surface area contributed by atoms with Gasteiger partial charge in [0.15, 0.2) is 0 Å². The molecule has 2 aliphatic carbocycles. The Labute approximate surface area is 322 Å². The summed E-state index contributed by atoms with van der Waals surface area (Å²) in [7, 11) is 2.11. The van der Waals surface area contributed by atoms with Crippen molar-refractivity contribution in [1.82, 2.24) is 9.80 Å². The first-order chi connectivity index (χ1) is 25.2. The van der Waals surface area contributed by atoms with E-state index < -0.39 is 18.5 Å². The molecule has 1 aliphatic heterocycles. The lowest BCUT2D eigenvalue weighted by molar-refractivity contribution is -0.284. The predicted molar refractivity (Wildman–Crippen MR) is 211 cm³/mol. The number of hydrogen-bond donors (Lipinski definition) is 0. The van der Waals surface area contributed by atoms with Gasteiger partial charge in [-0.3, -0.25) is 9.69 Å². The van der Waals surface area contributed by atoms with Crippen molar-refractivity contribution in [2.45, 2.75) is 142 Å². The van der Waals surface area contributed by atoms with Crippen LogP contribution in [0.5, 0.6) is 5.75 Å². The van der Waals surface area contributed by atoms with Gasteiger partial charge in [0.1, 0.15) is 5.75 Å². The smallest absolute Gasteiger partial charge is 0.426 e. The Balaban J connectivity index is 0.00000372. The molecule has 3 unspecified atom stereocenters. The van der Waals surface area contributed by atoms with E-state index in [9.17, 15) is 26.7 Å². The average Bonchev–Trinajstić information content (AvgIpc) is 3.10. The van der Waals surface area contributed by atoms with Gasteiger partial charge < -0.3 is 9.64 Å². The molecule has 2 fully saturated rings. The van der Waals surface area contributed by atoms with Gasteiger partial charge in [-0.1, -0.05) is 78.4 Å². The monoisotopic (exact) mass is 772 g/mol. The standard InChI is InChI=1S/C41H63F5N2O2S.C2H6/c1-5-6-16-36-38-31(15-12-10-8-7-9-11-13-26-51-27-14-20-40(42,43)41(44,45)46)28-32-29-33(17-18-34(32)35(38)19-21-39(36,2)3)50-37(49)30-48-24-22-47(4)23-25-48;1-2/h5,17-18,29,31,35-36,38H,1,6-16,19-28,30H2,2-4H3;1-2H3/t31-,35?,36?,38?;/m1./s1. The molecule has 0 N–H and O–H groups in total. The number of unbranched alkanes of at least 4 members (excludes halogenated alkanes) is 6. The number of ether oxygens (including phenoxy) is 1. The number of fused-ring (bicyclic) bond motifs is 3. The maximum atomic E-state index is 13.0. The number of alkyl halides is 5. The van der Waals surface area contributed by atoms with E-state index in [0.717, 1.165) is 64.0 Å². The summed E-state index contributed by atoms with van der Waals surface area (Å²) in [6, 6.07) is 6.44. The fourth-order valence-electron chi connectivity index (χ4n) is 8.99. The van der Waals surface area contributed by atoms with E-state index in [2.05, 4.69) is 55.5 Å². The second kappa shape index (κ2) is 22.2. The van der Waals surface area contributed by atoms with E-state index in [4.69, 9.17) is 4.74 Å².